The van der Waals surface area contributed by atoms with Gasteiger partial charge in [-0.2, -0.15) is 0 Å². The van der Waals surface area contributed by atoms with Crippen LogP contribution < -0.4 is 10.6 Å². The maximum atomic E-state index is 11.1. The molecule has 0 spiro atoms. The number of nitrogens with one attached hydrogen (secondary N) is 2. The molecule has 0 aliphatic rings. The van der Waals surface area contributed by atoms with Gasteiger partial charge in [0.1, 0.15) is 0 Å². The number of rotatable bonds is 4. The molecule has 0 saturated carbocycles. The van der Waals surface area contributed by atoms with Crippen molar-refractivity contribution in [2.24, 2.45) is 0 Å². The molecule has 1 rings (SSSR count). The highest BCUT2D eigenvalue weighted by molar-refractivity contribution is 7.84. The highest BCUT2D eigenvalue weighted by Crippen LogP contribution is 2.04. The van der Waals surface area contributed by atoms with E-state index in [9.17, 15) is 4.21 Å². The van der Waals surface area contributed by atoms with Crippen molar-refractivity contribution < 1.29 is 4.21 Å². The van der Waals surface area contributed by atoms with Crippen LogP contribution in [-0.4, -0.2) is 27.4 Å². The second-order valence-corrected chi connectivity index (χ2v) is 5.72. The topological polar surface area (TPSA) is 41.1 Å². The second kappa shape index (κ2) is 6.60. The van der Waals surface area contributed by atoms with E-state index in [1.54, 1.807) is 6.26 Å². The molecule has 0 amide bonds. The lowest BCUT2D eigenvalue weighted by Crippen LogP contribution is -2.35. The fourth-order valence-electron chi connectivity index (χ4n) is 1.05. The lowest BCUT2D eigenvalue weighted by Gasteiger charge is -2.13. The molecule has 3 nitrogen and oxygen atoms in total. The zero-order valence-corrected chi connectivity index (χ0v) is 11.0. The molecule has 2 unspecified atom stereocenters. The van der Waals surface area contributed by atoms with Crippen LogP contribution in [0.3, 0.4) is 0 Å². The van der Waals surface area contributed by atoms with Crippen molar-refractivity contribution in [3.8, 4) is 0 Å². The number of hydrogen-bond donors (Lipinski definition) is 2. The van der Waals surface area contributed by atoms with E-state index in [0.29, 0.717) is 11.7 Å². The van der Waals surface area contributed by atoms with Crippen LogP contribution in [-0.2, 0) is 10.8 Å². The average Bonchev–Trinajstić information content (AvgIpc) is 2.27. The van der Waals surface area contributed by atoms with Gasteiger partial charge in [-0.1, -0.05) is 18.2 Å². The summed E-state index contributed by atoms with van der Waals surface area (Å²) in [5.41, 5.74) is 0.949. The molecule has 2 N–H and O–H groups in total. The number of hydrogen-bond acceptors (Lipinski definition) is 2. The lowest BCUT2D eigenvalue weighted by molar-refractivity contribution is 0.674. The first kappa shape index (κ1) is 13.1. The van der Waals surface area contributed by atoms with Gasteiger partial charge in [0.2, 0.25) is 0 Å². The van der Waals surface area contributed by atoms with E-state index in [1.165, 1.54) is 0 Å². The SMILES string of the molecule is CC(CNC(=S)Nc1ccccc1)S(C)=O. The fourth-order valence-corrected chi connectivity index (χ4v) is 1.57. The van der Waals surface area contributed by atoms with Crippen LogP contribution in [0.15, 0.2) is 30.3 Å². The third kappa shape index (κ3) is 4.72. The third-order valence-corrected chi connectivity index (χ3v) is 3.69. The summed E-state index contributed by atoms with van der Waals surface area (Å²) >= 11 is 5.12. The zero-order valence-electron chi connectivity index (χ0n) is 9.40. The van der Waals surface area contributed by atoms with E-state index in [4.69, 9.17) is 12.2 Å². The first-order valence-electron chi connectivity index (χ1n) is 5.01. The van der Waals surface area contributed by atoms with Crippen LogP contribution in [0, 0.1) is 0 Å². The molecule has 0 aliphatic heterocycles. The van der Waals surface area contributed by atoms with Gasteiger partial charge in [0.05, 0.1) is 0 Å². The van der Waals surface area contributed by atoms with Crippen LogP contribution in [0.1, 0.15) is 6.92 Å². The van der Waals surface area contributed by atoms with E-state index in [0.717, 1.165) is 5.69 Å². The second-order valence-electron chi connectivity index (χ2n) is 3.51. The predicted octanol–water partition coefficient (Wildman–Crippen LogP) is 1.74. The minimum Gasteiger partial charge on any atom is -0.361 e. The summed E-state index contributed by atoms with van der Waals surface area (Å²) in [5.74, 6) is 0. The standard InChI is InChI=1S/C11H16N2OS2/c1-9(16(2)14)8-12-11(15)13-10-6-4-3-5-7-10/h3-7,9H,8H2,1-2H3,(H2,12,13,15). The molecule has 5 heteroatoms. The summed E-state index contributed by atoms with van der Waals surface area (Å²) in [4.78, 5) is 0. The number of benzene rings is 1. The molecule has 0 fully saturated rings. The van der Waals surface area contributed by atoms with E-state index >= 15 is 0 Å². The molecule has 0 heterocycles. The van der Waals surface area contributed by atoms with Crippen LogP contribution in [0.2, 0.25) is 0 Å². The Morgan fingerprint density at radius 1 is 1.44 bits per heavy atom. The van der Waals surface area contributed by atoms with E-state index in [-0.39, 0.29) is 5.25 Å². The summed E-state index contributed by atoms with van der Waals surface area (Å²) in [6.07, 6.45) is 1.69. The maximum Gasteiger partial charge on any atom is 0.170 e. The first-order chi connectivity index (χ1) is 7.59. The minimum absolute atomic E-state index is 0.0931. The molecule has 0 aromatic heterocycles. The summed E-state index contributed by atoms with van der Waals surface area (Å²) < 4.78 is 11.1. The Labute approximate surface area is 104 Å². The highest BCUT2D eigenvalue weighted by atomic mass is 32.2. The van der Waals surface area contributed by atoms with Gasteiger partial charge in [0, 0.05) is 34.5 Å². The van der Waals surface area contributed by atoms with E-state index < -0.39 is 10.8 Å². The summed E-state index contributed by atoms with van der Waals surface area (Å²) in [6.45, 7) is 2.54. The highest BCUT2D eigenvalue weighted by Gasteiger charge is 2.06. The van der Waals surface area contributed by atoms with Crippen LogP contribution in [0.5, 0.6) is 0 Å². The van der Waals surface area contributed by atoms with Crippen LogP contribution in [0.25, 0.3) is 0 Å². The quantitative estimate of drug-likeness (QED) is 0.805. The van der Waals surface area contributed by atoms with Crippen molar-refractivity contribution in [1.82, 2.24) is 5.32 Å². The first-order valence-corrected chi connectivity index (χ1v) is 7.04. The molecule has 0 saturated heterocycles. The zero-order chi connectivity index (χ0) is 12.0. The fraction of sp³-hybridized carbons (Fsp3) is 0.364. The van der Waals surface area contributed by atoms with E-state index in [2.05, 4.69) is 10.6 Å². The van der Waals surface area contributed by atoms with E-state index in [1.807, 2.05) is 37.3 Å². The Hall–Kier alpha value is -0.940. The van der Waals surface area contributed by atoms with Gasteiger partial charge < -0.3 is 10.6 Å². The Morgan fingerprint density at radius 3 is 2.62 bits per heavy atom. The van der Waals surface area contributed by atoms with Gasteiger partial charge in [-0.3, -0.25) is 4.21 Å². The summed E-state index contributed by atoms with van der Waals surface area (Å²) in [7, 11) is -0.823. The molecule has 0 aliphatic carbocycles. The van der Waals surface area contributed by atoms with Crippen LogP contribution >= 0.6 is 12.2 Å². The molecule has 0 radical (unpaired) electrons. The van der Waals surface area contributed by atoms with Crippen molar-refractivity contribution in [2.45, 2.75) is 12.2 Å². The monoisotopic (exact) mass is 256 g/mol. The summed E-state index contributed by atoms with van der Waals surface area (Å²) in [5, 5.41) is 6.75. The van der Waals surface area contributed by atoms with Gasteiger partial charge in [-0.05, 0) is 31.3 Å². The van der Waals surface area contributed by atoms with Gasteiger partial charge >= 0.3 is 0 Å². The van der Waals surface area contributed by atoms with Crippen molar-refractivity contribution in [2.75, 3.05) is 18.1 Å². The van der Waals surface area contributed by atoms with Crippen molar-refractivity contribution in [3.05, 3.63) is 30.3 Å². The molecule has 16 heavy (non-hydrogen) atoms. The number of para-hydroxylation sites is 1. The van der Waals surface area contributed by atoms with Crippen molar-refractivity contribution >= 4 is 33.8 Å². The number of anilines is 1. The smallest absolute Gasteiger partial charge is 0.170 e. The summed E-state index contributed by atoms with van der Waals surface area (Å²) in [6, 6.07) is 9.71. The molecular formula is C11H16N2OS2. The molecule has 1 aromatic carbocycles. The lowest BCUT2D eigenvalue weighted by atomic mass is 10.3. The molecule has 88 valence electrons. The Balaban J connectivity index is 2.35. The van der Waals surface area contributed by atoms with Gasteiger partial charge in [0.15, 0.2) is 5.11 Å². The third-order valence-electron chi connectivity index (χ3n) is 2.15. The van der Waals surface area contributed by atoms with Gasteiger partial charge in [0.25, 0.3) is 0 Å². The Bertz CT molecular complexity index is 368. The average molecular weight is 256 g/mol. The molecular weight excluding hydrogens is 240 g/mol. The normalized spacial score (nSPS) is 13.9. The predicted molar refractivity (Wildman–Crippen MR) is 74.2 cm³/mol. The van der Waals surface area contributed by atoms with Crippen molar-refractivity contribution in [1.29, 1.82) is 0 Å². The maximum absolute atomic E-state index is 11.1. The molecule has 0 bridgehead atoms. The number of thiocarbonyl (C=S) groups is 1. The van der Waals surface area contributed by atoms with Gasteiger partial charge in [-0.25, -0.2) is 0 Å². The largest absolute Gasteiger partial charge is 0.361 e. The van der Waals surface area contributed by atoms with Gasteiger partial charge in [-0.15, -0.1) is 0 Å². The minimum atomic E-state index is -0.823. The Morgan fingerprint density at radius 2 is 2.06 bits per heavy atom. The molecule has 2 atom stereocenters. The molecule has 1 aromatic rings. The van der Waals surface area contributed by atoms with Crippen LogP contribution in [0.4, 0.5) is 5.69 Å². The Kier molecular flexibility index (Phi) is 5.42. The van der Waals surface area contributed by atoms with Crippen molar-refractivity contribution in [3.63, 3.8) is 0 Å².